The molecule has 2 aromatic heterocycles. The standard InChI is InChI=1S/C11H8F3N3O3/c1-16-7(3-2-4-8(16)18)17-9(11(12,13)14)6(5-15-17)10(19)20/h2-5H,1H3,(H,19,20). The quantitative estimate of drug-likeness (QED) is 0.902. The average Bonchev–Trinajstić information content (AvgIpc) is 2.77. The van der Waals surface area contributed by atoms with Crippen molar-refractivity contribution in [3.63, 3.8) is 0 Å². The van der Waals surface area contributed by atoms with Crippen LogP contribution in [0.2, 0.25) is 0 Å². The Morgan fingerprint density at radius 1 is 1.35 bits per heavy atom. The van der Waals surface area contributed by atoms with Gasteiger partial charge in [-0.3, -0.25) is 9.36 Å². The highest BCUT2D eigenvalue weighted by atomic mass is 19.4. The van der Waals surface area contributed by atoms with Crippen molar-refractivity contribution in [2.45, 2.75) is 6.18 Å². The zero-order valence-electron chi connectivity index (χ0n) is 10.0. The second-order valence-corrected chi connectivity index (χ2v) is 3.90. The van der Waals surface area contributed by atoms with Gasteiger partial charge < -0.3 is 5.11 Å². The first kappa shape index (κ1) is 13.8. The van der Waals surface area contributed by atoms with Gasteiger partial charge in [0.1, 0.15) is 11.4 Å². The van der Waals surface area contributed by atoms with Crippen molar-refractivity contribution in [1.82, 2.24) is 14.3 Å². The Bertz CT molecular complexity index is 730. The summed E-state index contributed by atoms with van der Waals surface area (Å²) in [6, 6.07) is 3.66. The van der Waals surface area contributed by atoms with Crippen LogP contribution in [-0.4, -0.2) is 25.4 Å². The van der Waals surface area contributed by atoms with E-state index in [0.29, 0.717) is 10.9 Å². The molecule has 0 aliphatic rings. The zero-order chi connectivity index (χ0) is 15.1. The Balaban J connectivity index is 2.79. The minimum absolute atomic E-state index is 0.183. The van der Waals surface area contributed by atoms with Crippen LogP contribution in [0.25, 0.3) is 5.82 Å². The number of aromatic nitrogens is 3. The molecule has 106 valence electrons. The molecule has 0 saturated carbocycles. The van der Waals surface area contributed by atoms with Gasteiger partial charge in [-0.15, -0.1) is 0 Å². The second-order valence-electron chi connectivity index (χ2n) is 3.90. The maximum absolute atomic E-state index is 13.0. The van der Waals surface area contributed by atoms with Crippen LogP contribution in [0.3, 0.4) is 0 Å². The lowest BCUT2D eigenvalue weighted by Gasteiger charge is -2.13. The van der Waals surface area contributed by atoms with E-state index in [-0.39, 0.29) is 5.82 Å². The van der Waals surface area contributed by atoms with Crippen LogP contribution < -0.4 is 5.56 Å². The SMILES string of the molecule is Cn1c(-n2ncc(C(=O)O)c2C(F)(F)F)cccc1=O. The summed E-state index contributed by atoms with van der Waals surface area (Å²) in [5, 5.41) is 12.2. The first-order valence-electron chi connectivity index (χ1n) is 5.28. The topological polar surface area (TPSA) is 77.1 Å². The van der Waals surface area contributed by atoms with Gasteiger partial charge in [0, 0.05) is 13.1 Å². The fourth-order valence-electron chi connectivity index (χ4n) is 1.72. The number of carboxylic acids is 1. The lowest BCUT2D eigenvalue weighted by Crippen LogP contribution is -2.24. The van der Waals surface area contributed by atoms with Crippen molar-refractivity contribution in [1.29, 1.82) is 0 Å². The van der Waals surface area contributed by atoms with Crippen molar-refractivity contribution < 1.29 is 23.1 Å². The summed E-state index contributed by atoms with van der Waals surface area (Å²) < 4.78 is 40.4. The minimum Gasteiger partial charge on any atom is -0.478 e. The molecule has 0 bridgehead atoms. The van der Waals surface area contributed by atoms with Crippen molar-refractivity contribution in [3.05, 3.63) is 46.0 Å². The second kappa shape index (κ2) is 4.51. The number of carbonyl (C=O) groups is 1. The number of pyridine rings is 1. The highest BCUT2D eigenvalue weighted by Crippen LogP contribution is 2.33. The van der Waals surface area contributed by atoms with Crippen LogP contribution in [0.4, 0.5) is 13.2 Å². The number of hydrogen-bond acceptors (Lipinski definition) is 3. The normalized spacial score (nSPS) is 11.6. The number of alkyl halides is 3. The number of carboxylic acid groups (broad SMARTS) is 1. The molecule has 20 heavy (non-hydrogen) atoms. The van der Waals surface area contributed by atoms with Crippen LogP contribution in [0.5, 0.6) is 0 Å². The molecule has 0 unspecified atom stereocenters. The number of nitrogens with zero attached hydrogens (tertiary/aromatic N) is 3. The van der Waals surface area contributed by atoms with Gasteiger partial charge in [-0.05, 0) is 6.07 Å². The predicted molar refractivity (Wildman–Crippen MR) is 60.8 cm³/mol. The molecular formula is C11H8F3N3O3. The molecule has 0 aromatic carbocycles. The Morgan fingerprint density at radius 2 is 2.00 bits per heavy atom. The van der Waals surface area contributed by atoms with Crippen LogP contribution in [-0.2, 0) is 13.2 Å². The van der Waals surface area contributed by atoms with E-state index in [9.17, 15) is 22.8 Å². The molecule has 0 saturated heterocycles. The summed E-state index contributed by atoms with van der Waals surface area (Å²) in [6.45, 7) is 0. The third-order valence-electron chi connectivity index (χ3n) is 2.64. The Hall–Kier alpha value is -2.58. The molecule has 9 heteroatoms. The van der Waals surface area contributed by atoms with Crippen LogP contribution >= 0.6 is 0 Å². The monoisotopic (exact) mass is 287 g/mol. The van der Waals surface area contributed by atoms with E-state index >= 15 is 0 Å². The first-order chi connectivity index (χ1) is 9.23. The molecule has 0 aliphatic heterocycles. The summed E-state index contributed by atoms with van der Waals surface area (Å²) in [4.78, 5) is 22.3. The van der Waals surface area contributed by atoms with Gasteiger partial charge in [0.25, 0.3) is 5.56 Å². The largest absolute Gasteiger partial charge is 0.478 e. The lowest BCUT2D eigenvalue weighted by molar-refractivity contribution is -0.143. The Kier molecular flexibility index (Phi) is 3.12. The lowest BCUT2D eigenvalue weighted by atomic mass is 10.2. The summed E-state index contributed by atoms with van der Waals surface area (Å²) in [5.74, 6) is -1.93. The molecule has 2 heterocycles. The van der Waals surface area contributed by atoms with Gasteiger partial charge in [0.2, 0.25) is 0 Å². The average molecular weight is 287 g/mol. The van der Waals surface area contributed by atoms with Gasteiger partial charge >= 0.3 is 12.1 Å². The van der Waals surface area contributed by atoms with Crippen LogP contribution in [0.1, 0.15) is 16.1 Å². The van der Waals surface area contributed by atoms with Crippen molar-refractivity contribution >= 4 is 5.97 Å². The molecule has 2 rings (SSSR count). The van der Waals surface area contributed by atoms with Crippen molar-refractivity contribution in [2.24, 2.45) is 7.05 Å². The predicted octanol–water partition coefficient (Wildman–Crippen LogP) is 1.29. The molecule has 0 spiro atoms. The fourth-order valence-corrected chi connectivity index (χ4v) is 1.72. The summed E-state index contributed by atoms with van der Waals surface area (Å²) in [6.07, 6.45) is -4.32. The number of aromatic carboxylic acids is 1. The van der Waals surface area contributed by atoms with E-state index in [1.54, 1.807) is 0 Å². The maximum atomic E-state index is 13.0. The van der Waals surface area contributed by atoms with Gasteiger partial charge in [-0.25, -0.2) is 9.48 Å². The van der Waals surface area contributed by atoms with Gasteiger partial charge in [0.15, 0.2) is 5.69 Å². The highest BCUT2D eigenvalue weighted by molar-refractivity contribution is 5.89. The van der Waals surface area contributed by atoms with E-state index in [1.165, 1.54) is 25.2 Å². The molecule has 0 fully saturated rings. The third kappa shape index (κ3) is 2.17. The molecule has 1 N–H and O–H groups in total. The number of hydrogen-bond donors (Lipinski definition) is 1. The van der Waals surface area contributed by atoms with Gasteiger partial charge in [0.05, 0.1) is 6.20 Å². The smallest absolute Gasteiger partial charge is 0.434 e. The number of halogens is 3. The minimum atomic E-state index is -4.92. The van der Waals surface area contributed by atoms with Crippen molar-refractivity contribution in [3.8, 4) is 5.82 Å². The summed E-state index contributed by atoms with van der Waals surface area (Å²) in [5.41, 5.74) is -2.96. The highest BCUT2D eigenvalue weighted by Gasteiger charge is 2.41. The maximum Gasteiger partial charge on any atom is 0.434 e. The number of rotatable bonds is 2. The molecule has 0 aliphatic carbocycles. The van der Waals surface area contributed by atoms with E-state index in [2.05, 4.69) is 5.10 Å². The van der Waals surface area contributed by atoms with Crippen LogP contribution in [0.15, 0.2) is 29.2 Å². The molecule has 0 atom stereocenters. The summed E-state index contributed by atoms with van der Waals surface area (Å²) >= 11 is 0. The van der Waals surface area contributed by atoms with Gasteiger partial charge in [-0.1, -0.05) is 6.07 Å². The van der Waals surface area contributed by atoms with Crippen LogP contribution in [0, 0.1) is 0 Å². The molecule has 6 nitrogen and oxygen atoms in total. The third-order valence-corrected chi connectivity index (χ3v) is 2.64. The van der Waals surface area contributed by atoms with E-state index in [4.69, 9.17) is 5.11 Å². The molecule has 0 radical (unpaired) electrons. The van der Waals surface area contributed by atoms with Gasteiger partial charge in [-0.2, -0.15) is 18.3 Å². The van der Waals surface area contributed by atoms with E-state index in [0.717, 1.165) is 4.57 Å². The Labute approximate surface area is 109 Å². The Morgan fingerprint density at radius 3 is 2.55 bits per heavy atom. The molecular weight excluding hydrogens is 279 g/mol. The summed E-state index contributed by atoms with van der Waals surface area (Å²) in [7, 11) is 1.26. The van der Waals surface area contributed by atoms with E-state index in [1.807, 2.05) is 0 Å². The molecule has 0 amide bonds. The van der Waals surface area contributed by atoms with Crippen molar-refractivity contribution in [2.75, 3.05) is 0 Å². The first-order valence-corrected chi connectivity index (χ1v) is 5.28. The van der Waals surface area contributed by atoms with E-state index < -0.39 is 29.0 Å². The molecule has 2 aromatic rings. The zero-order valence-corrected chi connectivity index (χ0v) is 10.0. The fraction of sp³-hybridized carbons (Fsp3) is 0.182.